The zero-order chi connectivity index (χ0) is 15.7. The minimum Gasteiger partial charge on any atom is -0.486 e. The van der Waals surface area contributed by atoms with Crippen molar-refractivity contribution in [2.75, 3.05) is 18.5 Å². The number of aromatic nitrogens is 2. The van der Waals surface area contributed by atoms with E-state index in [4.69, 9.17) is 9.47 Å². The van der Waals surface area contributed by atoms with Crippen LogP contribution >= 0.6 is 0 Å². The van der Waals surface area contributed by atoms with Crippen LogP contribution in [0.25, 0.3) is 0 Å². The number of fused-ring (bicyclic) bond motifs is 1. The van der Waals surface area contributed by atoms with E-state index in [0.29, 0.717) is 36.1 Å². The summed E-state index contributed by atoms with van der Waals surface area (Å²) in [5.41, 5.74) is 1.39. The minimum atomic E-state index is -0.196. The highest BCUT2D eigenvalue weighted by Gasteiger charge is 2.17. The number of anilines is 1. The average molecular weight is 301 g/mol. The number of benzene rings is 1. The molecule has 6 nitrogen and oxygen atoms in total. The molecule has 2 heterocycles. The molecule has 3 rings (SSSR count). The smallest absolute Gasteiger partial charge is 0.256 e. The molecule has 1 aromatic carbocycles. The summed E-state index contributed by atoms with van der Waals surface area (Å²) in [5.74, 6) is 1.77. The monoisotopic (exact) mass is 301 g/mol. The lowest BCUT2D eigenvalue weighted by Crippen LogP contribution is -2.18. The third kappa shape index (κ3) is 2.77. The number of rotatable bonds is 3. The molecule has 1 aromatic heterocycles. The molecule has 116 valence electrons. The van der Waals surface area contributed by atoms with Gasteiger partial charge in [0.25, 0.3) is 5.91 Å². The summed E-state index contributed by atoms with van der Waals surface area (Å²) in [6.07, 6.45) is 0. The van der Waals surface area contributed by atoms with Crippen molar-refractivity contribution >= 4 is 11.7 Å². The van der Waals surface area contributed by atoms with Crippen molar-refractivity contribution in [3.8, 4) is 11.5 Å². The Morgan fingerprint density at radius 1 is 1.23 bits per heavy atom. The Hall–Kier alpha value is -2.50. The molecule has 2 aromatic rings. The van der Waals surface area contributed by atoms with Crippen LogP contribution in [0.5, 0.6) is 11.5 Å². The third-order valence-corrected chi connectivity index (χ3v) is 3.39. The Balaban J connectivity index is 1.83. The Morgan fingerprint density at radius 3 is 2.68 bits per heavy atom. The van der Waals surface area contributed by atoms with Crippen LogP contribution in [0.1, 0.15) is 35.9 Å². The maximum Gasteiger partial charge on any atom is 0.256 e. The number of aryl methyl sites for hydroxylation is 1. The molecule has 0 bridgehead atoms. The summed E-state index contributed by atoms with van der Waals surface area (Å²) in [4.78, 5) is 12.4. The van der Waals surface area contributed by atoms with Crippen LogP contribution in [0.15, 0.2) is 24.3 Å². The molecule has 0 saturated carbocycles. The topological polar surface area (TPSA) is 65.4 Å². The normalized spacial score (nSPS) is 13.3. The van der Waals surface area contributed by atoms with E-state index < -0.39 is 0 Å². The average Bonchev–Trinajstić information content (AvgIpc) is 2.87. The van der Waals surface area contributed by atoms with E-state index in [1.165, 1.54) is 0 Å². The zero-order valence-corrected chi connectivity index (χ0v) is 12.9. The van der Waals surface area contributed by atoms with Gasteiger partial charge in [0.05, 0.1) is 5.69 Å². The largest absolute Gasteiger partial charge is 0.486 e. The first-order valence-electron chi connectivity index (χ1n) is 7.32. The van der Waals surface area contributed by atoms with Gasteiger partial charge in [-0.15, -0.1) is 0 Å². The van der Waals surface area contributed by atoms with E-state index in [1.54, 1.807) is 22.9 Å². The number of nitrogens with zero attached hydrogens (tertiary/aromatic N) is 2. The van der Waals surface area contributed by atoms with Crippen LogP contribution in [-0.2, 0) is 0 Å². The third-order valence-electron chi connectivity index (χ3n) is 3.39. The van der Waals surface area contributed by atoms with Gasteiger partial charge < -0.3 is 14.8 Å². The van der Waals surface area contributed by atoms with Crippen molar-refractivity contribution in [2.24, 2.45) is 0 Å². The van der Waals surface area contributed by atoms with Crippen LogP contribution in [-0.4, -0.2) is 28.9 Å². The van der Waals surface area contributed by atoms with Gasteiger partial charge in [0, 0.05) is 17.7 Å². The standard InChI is InChI=1S/C16H19N3O3/c1-10(2)19-15(8-11(3)18-19)17-16(20)12-4-5-13-14(9-12)22-7-6-21-13/h4-5,8-10H,6-7H2,1-3H3,(H,17,20). The maximum atomic E-state index is 12.4. The van der Waals surface area contributed by atoms with E-state index in [-0.39, 0.29) is 11.9 Å². The van der Waals surface area contributed by atoms with E-state index in [2.05, 4.69) is 10.4 Å². The summed E-state index contributed by atoms with van der Waals surface area (Å²) in [6, 6.07) is 7.22. The molecule has 0 unspecified atom stereocenters. The number of carbonyl (C=O) groups excluding carboxylic acids is 1. The number of hydrogen-bond acceptors (Lipinski definition) is 4. The van der Waals surface area contributed by atoms with Gasteiger partial charge in [0.15, 0.2) is 11.5 Å². The summed E-state index contributed by atoms with van der Waals surface area (Å²) in [5, 5.41) is 7.29. The molecule has 0 radical (unpaired) electrons. The number of hydrogen-bond donors (Lipinski definition) is 1. The molecule has 0 aliphatic carbocycles. The number of amides is 1. The Kier molecular flexibility index (Phi) is 3.75. The molecule has 0 saturated heterocycles. The molecule has 22 heavy (non-hydrogen) atoms. The lowest BCUT2D eigenvalue weighted by Gasteiger charge is -2.18. The molecule has 1 N–H and O–H groups in total. The van der Waals surface area contributed by atoms with E-state index >= 15 is 0 Å². The second-order valence-corrected chi connectivity index (χ2v) is 5.52. The van der Waals surface area contributed by atoms with Gasteiger partial charge in [-0.2, -0.15) is 5.10 Å². The second kappa shape index (κ2) is 5.71. The molecule has 1 aliphatic rings. The molecule has 0 fully saturated rings. The fourth-order valence-electron chi connectivity index (χ4n) is 2.38. The molecule has 1 aliphatic heterocycles. The SMILES string of the molecule is Cc1cc(NC(=O)c2ccc3c(c2)OCCO3)n(C(C)C)n1. The van der Waals surface area contributed by atoms with Crippen molar-refractivity contribution in [2.45, 2.75) is 26.8 Å². The Labute approximate surface area is 129 Å². The maximum absolute atomic E-state index is 12.4. The first kappa shape index (κ1) is 14.4. The van der Waals surface area contributed by atoms with E-state index in [9.17, 15) is 4.79 Å². The number of ether oxygens (including phenoxy) is 2. The predicted octanol–water partition coefficient (Wildman–Crippen LogP) is 2.80. The van der Waals surface area contributed by atoms with Crippen molar-refractivity contribution in [1.82, 2.24) is 9.78 Å². The van der Waals surface area contributed by atoms with Gasteiger partial charge in [-0.3, -0.25) is 4.79 Å². The van der Waals surface area contributed by atoms with Gasteiger partial charge in [-0.05, 0) is 39.0 Å². The van der Waals surface area contributed by atoms with Gasteiger partial charge in [0.2, 0.25) is 0 Å². The van der Waals surface area contributed by atoms with Crippen molar-refractivity contribution in [1.29, 1.82) is 0 Å². The highest BCUT2D eigenvalue weighted by molar-refractivity contribution is 6.04. The van der Waals surface area contributed by atoms with Crippen LogP contribution in [0.3, 0.4) is 0 Å². The minimum absolute atomic E-state index is 0.171. The number of carbonyl (C=O) groups is 1. The van der Waals surface area contributed by atoms with Crippen molar-refractivity contribution < 1.29 is 14.3 Å². The fourth-order valence-corrected chi connectivity index (χ4v) is 2.38. The molecule has 6 heteroatoms. The zero-order valence-electron chi connectivity index (χ0n) is 12.9. The predicted molar refractivity (Wildman–Crippen MR) is 82.7 cm³/mol. The summed E-state index contributed by atoms with van der Waals surface area (Å²) < 4.78 is 12.8. The van der Waals surface area contributed by atoms with Crippen LogP contribution in [0.4, 0.5) is 5.82 Å². The van der Waals surface area contributed by atoms with Gasteiger partial charge in [-0.25, -0.2) is 4.68 Å². The van der Waals surface area contributed by atoms with E-state index in [1.807, 2.05) is 26.8 Å². The summed E-state index contributed by atoms with van der Waals surface area (Å²) in [6.45, 7) is 6.97. The van der Waals surface area contributed by atoms with Crippen LogP contribution in [0, 0.1) is 6.92 Å². The molecule has 0 spiro atoms. The van der Waals surface area contributed by atoms with Crippen molar-refractivity contribution in [3.63, 3.8) is 0 Å². The highest BCUT2D eigenvalue weighted by Crippen LogP contribution is 2.31. The molecular weight excluding hydrogens is 282 g/mol. The quantitative estimate of drug-likeness (QED) is 0.946. The van der Waals surface area contributed by atoms with Gasteiger partial charge in [0.1, 0.15) is 19.0 Å². The molecule has 1 amide bonds. The first-order valence-corrected chi connectivity index (χ1v) is 7.32. The number of nitrogens with one attached hydrogen (secondary N) is 1. The second-order valence-electron chi connectivity index (χ2n) is 5.52. The lowest BCUT2D eigenvalue weighted by molar-refractivity contribution is 0.102. The molecule has 0 atom stereocenters. The van der Waals surface area contributed by atoms with Crippen LogP contribution in [0.2, 0.25) is 0 Å². The summed E-state index contributed by atoms with van der Waals surface area (Å²) >= 11 is 0. The van der Waals surface area contributed by atoms with Gasteiger partial charge in [-0.1, -0.05) is 0 Å². The Morgan fingerprint density at radius 2 is 1.95 bits per heavy atom. The van der Waals surface area contributed by atoms with E-state index in [0.717, 1.165) is 5.69 Å². The molecular formula is C16H19N3O3. The lowest BCUT2D eigenvalue weighted by atomic mass is 10.2. The van der Waals surface area contributed by atoms with Crippen LogP contribution < -0.4 is 14.8 Å². The first-order chi connectivity index (χ1) is 10.5. The fraction of sp³-hybridized carbons (Fsp3) is 0.375. The summed E-state index contributed by atoms with van der Waals surface area (Å²) in [7, 11) is 0. The van der Waals surface area contributed by atoms with Gasteiger partial charge >= 0.3 is 0 Å². The highest BCUT2D eigenvalue weighted by atomic mass is 16.6. The van der Waals surface area contributed by atoms with Crippen molar-refractivity contribution in [3.05, 3.63) is 35.5 Å². The Bertz CT molecular complexity index is 707.